The highest BCUT2D eigenvalue weighted by atomic mass is 32.2. The summed E-state index contributed by atoms with van der Waals surface area (Å²) in [5.41, 5.74) is -0.218. The molecule has 0 aromatic heterocycles. The lowest BCUT2D eigenvalue weighted by atomic mass is 10.2. The van der Waals surface area contributed by atoms with Crippen molar-refractivity contribution in [3.8, 4) is 0 Å². The molecule has 96 valence electrons. The van der Waals surface area contributed by atoms with Crippen molar-refractivity contribution in [1.29, 1.82) is 0 Å². The van der Waals surface area contributed by atoms with E-state index in [-0.39, 0.29) is 10.5 Å². The van der Waals surface area contributed by atoms with E-state index in [1.807, 2.05) is 0 Å². The van der Waals surface area contributed by atoms with E-state index in [0.29, 0.717) is 0 Å². The van der Waals surface area contributed by atoms with E-state index in [1.165, 1.54) is 0 Å². The lowest BCUT2D eigenvalue weighted by Crippen LogP contribution is -2.28. The molecule has 0 spiro atoms. The summed E-state index contributed by atoms with van der Waals surface area (Å²) in [6.07, 6.45) is -2.82. The van der Waals surface area contributed by atoms with Gasteiger partial charge in [-0.05, 0) is 18.2 Å². The van der Waals surface area contributed by atoms with Gasteiger partial charge in [0.15, 0.2) is 0 Å². The second-order valence-corrected chi connectivity index (χ2v) is 4.92. The largest absolute Gasteiger partial charge is 0.392 e. The number of alkyl halides is 2. The predicted molar refractivity (Wildman–Crippen MR) is 53.5 cm³/mol. The molecule has 0 fully saturated rings. The van der Waals surface area contributed by atoms with E-state index < -0.39 is 35.4 Å². The number of hydrogen-bond acceptors (Lipinski definition) is 3. The van der Waals surface area contributed by atoms with Gasteiger partial charge >= 0.3 is 0 Å². The van der Waals surface area contributed by atoms with Gasteiger partial charge in [0.2, 0.25) is 10.0 Å². The number of halogens is 3. The fourth-order valence-corrected chi connectivity index (χ4v) is 2.15. The summed E-state index contributed by atoms with van der Waals surface area (Å²) in [5.74, 6) is -0.764. The van der Waals surface area contributed by atoms with Gasteiger partial charge in [-0.25, -0.2) is 26.3 Å². The molecule has 1 rings (SSSR count). The molecule has 0 bridgehead atoms. The van der Waals surface area contributed by atoms with Gasteiger partial charge < -0.3 is 5.11 Å². The van der Waals surface area contributed by atoms with E-state index in [1.54, 1.807) is 4.72 Å². The molecule has 17 heavy (non-hydrogen) atoms. The molecule has 0 saturated heterocycles. The van der Waals surface area contributed by atoms with Gasteiger partial charge in [-0.15, -0.1) is 0 Å². The molecular weight excluding hydrogens is 259 g/mol. The summed E-state index contributed by atoms with van der Waals surface area (Å²) in [5, 5.41) is 8.75. The monoisotopic (exact) mass is 269 g/mol. The molecule has 2 N–H and O–H groups in total. The first-order valence-corrected chi connectivity index (χ1v) is 6.02. The Morgan fingerprint density at radius 2 is 2.00 bits per heavy atom. The van der Waals surface area contributed by atoms with Crippen molar-refractivity contribution in [2.75, 3.05) is 6.54 Å². The molecule has 0 unspecified atom stereocenters. The SMILES string of the molecule is O=S(=O)(NCC(F)F)c1ccc(F)c(CO)c1. The van der Waals surface area contributed by atoms with Crippen molar-refractivity contribution >= 4 is 10.0 Å². The van der Waals surface area contributed by atoms with E-state index in [9.17, 15) is 21.6 Å². The zero-order valence-corrected chi connectivity index (χ0v) is 9.35. The van der Waals surface area contributed by atoms with E-state index >= 15 is 0 Å². The molecule has 0 aliphatic heterocycles. The average molecular weight is 269 g/mol. The summed E-state index contributed by atoms with van der Waals surface area (Å²) < 4.78 is 61.3. The Balaban J connectivity index is 2.99. The van der Waals surface area contributed by atoms with Crippen molar-refractivity contribution in [3.63, 3.8) is 0 Å². The topological polar surface area (TPSA) is 66.4 Å². The van der Waals surface area contributed by atoms with Crippen molar-refractivity contribution in [1.82, 2.24) is 4.72 Å². The molecular formula is C9H10F3NO3S. The van der Waals surface area contributed by atoms with Crippen molar-refractivity contribution in [2.45, 2.75) is 17.9 Å². The Kier molecular flexibility index (Phi) is 4.49. The van der Waals surface area contributed by atoms with Gasteiger partial charge in [-0.3, -0.25) is 0 Å². The highest BCUT2D eigenvalue weighted by Crippen LogP contribution is 2.15. The third kappa shape index (κ3) is 3.69. The van der Waals surface area contributed by atoms with Crippen LogP contribution in [0.4, 0.5) is 13.2 Å². The van der Waals surface area contributed by atoms with Gasteiger partial charge in [0.05, 0.1) is 18.0 Å². The molecule has 0 aliphatic rings. The molecule has 0 amide bonds. The maximum absolute atomic E-state index is 13.0. The van der Waals surface area contributed by atoms with Gasteiger partial charge in [-0.2, -0.15) is 0 Å². The third-order valence-corrected chi connectivity index (χ3v) is 3.35. The fourth-order valence-electron chi connectivity index (χ4n) is 1.10. The molecule has 1 aromatic rings. The highest BCUT2D eigenvalue weighted by molar-refractivity contribution is 7.89. The molecule has 4 nitrogen and oxygen atoms in total. The lowest BCUT2D eigenvalue weighted by Gasteiger charge is -2.07. The molecule has 0 atom stereocenters. The van der Waals surface area contributed by atoms with Crippen LogP contribution in [-0.2, 0) is 16.6 Å². The first kappa shape index (κ1) is 13.9. The quantitative estimate of drug-likeness (QED) is 0.833. The number of hydrogen-bond donors (Lipinski definition) is 2. The van der Waals surface area contributed by atoms with Crippen LogP contribution in [0.1, 0.15) is 5.56 Å². The summed E-state index contributed by atoms with van der Waals surface area (Å²) in [4.78, 5) is -0.372. The smallest absolute Gasteiger partial charge is 0.251 e. The van der Waals surface area contributed by atoms with Gasteiger partial charge in [0.25, 0.3) is 6.43 Å². The third-order valence-electron chi connectivity index (χ3n) is 1.93. The molecule has 0 radical (unpaired) electrons. The van der Waals surface area contributed by atoms with Crippen molar-refractivity contribution in [2.24, 2.45) is 0 Å². The zero-order chi connectivity index (χ0) is 13.1. The average Bonchev–Trinajstić information content (AvgIpc) is 2.27. The Labute approximate surface area is 96.1 Å². The fraction of sp³-hybridized carbons (Fsp3) is 0.333. The predicted octanol–water partition coefficient (Wildman–Crippen LogP) is 0.861. The lowest BCUT2D eigenvalue weighted by molar-refractivity contribution is 0.153. The van der Waals surface area contributed by atoms with Gasteiger partial charge in [0.1, 0.15) is 5.82 Å². The number of sulfonamides is 1. The normalized spacial score (nSPS) is 12.1. The Morgan fingerprint density at radius 1 is 1.35 bits per heavy atom. The second kappa shape index (κ2) is 5.48. The number of aliphatic hydroxyl groups is 1. The number of nitrogens with one attached hydrogen (secondary N) is 1. The van der Waals surface area contributed by atoms with Crippen molar-refractivity contribution < 1.29 is 26.7 Å². The maximum Gasteiger partial charge on any atom is 0.251 e. The van der Waals surface area contributed by atoms with Crippen LogP contribution in [0.5, 0.6) is 0 Å². The van der Waals surface area contributed by atoms with Crippen LogP contribution in [0.2, 0.25) is 0 Å². The molecule has 0 saturated carbocycles. The Hall–Kier alpha value is -1.12. The van der Waals surface area contributed by atoms with Crippen LogP contribution in [0.3, 0.4) is 0 Å². The van der Waals surface area contributed by atoms with E-state index in [2.05, 4.69) is 0 Å². The summed E-state index contributed by atoms with van der Waals surface area (Å²) >= 11 is 0. The van der Waals surface area contributed by atoms with Crippen LogP contribution in [0, 0.1) is 5.82 Å². The molecule has 0 aliphatic carbocycles. The minimum absolute atomic E-state index is 0.218. The highest BCUT2D eigenvalue weighted by Gasteiger charge is 2.17. The number of aliphatic hydroxyl groups excluding tert-OH is 1. The zero-order valence-electron chi connectivity index (χ0n) is 8.53. The van der Waals surface area contributed by atoms with Crippen LogP contribution in [0.25, 0.3) is 0 Å². The number of benzene rings is 1. The number of rotatable bonds is 5. The molecule has 8 heteroatoms. The Morgan fingerprint density at radius 3 is 2.53 bits per heavy atom. The summed E-state index contributed by atoms with van der Waals surface area (Å²) in [6.45, 7) is -1.70. The minimum Gasteiger partial charge on any atom is -0.392 e. The maximum atomic E-state index is 13.0. The first-order valence-electron chi connectivity index (χ1n) is 4.54. The van der Waals surface area contributed by atoms with E-state index in [4.69, 9.17) is 5.11 Å². The van der Waals surface area contributed by atoms with Crippen LogP contribution < -0.4 is 4.72 Å². The van der Waals surface area contributed by atoms with Crippen LogP contribution in [-0.4, -0.2) is 26.5 Å². The van der Waals surface area contributed by atoms with Crippen LogP contribution >= 0.6 is 0 Å². The van der Waals surface area contributed by atoms with Crippen LogP contribution in [0.15, 0.2) is 23.1 Å². The van der Waals surface area contributed by atoms with Gasteiger partial charge in [0, 0.05) is 5.56 Å². The van der Waals surface area contributed by atoms with E-state index in [0.717, 1.165) is 18.2 Å². The Bertz CT molecular complexity index is 490. The molecule has 0 heterocycles. The standard InChI is InChI=1S/C9H10F3NO3S/c10-8-2-1-7(3-6(8)5-14)17(15,16)13-4-9(11)12/h1-3,9,13-14H,4-5H2. The second-order valence-electron chi connectivity index (χ2n) is 3.15. The molecule has 1 aromatic carbocycles. The van der Waals surface area contributed by atoms with Gasteiger partial charge in [-0.1, -0.05) is 0 Å². The summed E-state index contributed by atoms with van der Waals surface area (Å²) in [6, 6.07) is 2.67. The summed E-state index contributed by atoms with van der Waals surface area (Å²) in [7, 11) is -4.11. The first-order chi connectivity index (χ1) is 7.86. The minimum atomic E-state index is -4.11. The van der Waals surface area contributed by atoms with Crippen molar-refractivity contribution in [3.05, 3.63) is 29.6 Å².